The highest BCUT2D eigenvalue weighted by Crippen LogP contribution is 2.04. The molecule has 0 radical (unpaired) electrons. The predicted octanol–water partition coefficient (Wildman–Crippen LogP) is 1.14. The molecule has 0 amide bonds. The summed E-state index contributed by atoms with van der Waals surface area (Å²) in [6.45, 7) is 2.14. The number of hydrogen-bond donors (Lipinski definition) is 1. The second-order valence-corrected chi connectivity index (χ2v) is 5.47. The largest absolute Gasteiger partial charge is 0.383 e. The molecule has 1 rings (SSSR count). The van der Waals surface area contributed by atoms with Crippen molar-refractivity contribution in [3.05, 3.63) is 35.9 Å². The van der Waals surface area contributed by atoms with Crippen LogP contribution in [-0.2, 0) is 20.5 Å². The molecular formula is C11H17NO3S. The van der Waals surface area contributed by atoms with E-state index < -0.39 is 10.0 Å². The fraction of sp³-hybridized carbons (Fsp3) is 0.455. The van der Waals surface area contributed by atoms with Gasteiger partial charge in [0.05, 0.1) is 12.4 Å². The molecule has 1 atom stereocenters. The maximum Gasteiger partial charge on any atom is 0.216 e. The summed E-state index contributed by atoms with van der Waals surface area (Å²) < 4.78 is 30.9. The molecule has 0 saturated heterocycles. The smallest absolute Gasteiger partial charge is 0.216 e. The third-order valence-corrected chi connectivity index (χ3v) is 3.47. The quantitative estimate of drug-likeness (QED) is 0.815. The van der Waals surface area contributed by atoms with Gasteiger partial charge in [-0.3, -0.25) is 0 Å². The monoisotopic (exact) mass is 243 g/mol. The van der Waals surface area contributed by atoms with E-state index in [-0.39, 0.29) is 11.8 Å². The Balaban J connectivity index is 2.59. The molecule has 0 aliphatic rings. The van der Waals surface area contributed by atoms with E-state index in [2.05, 4.69) is 4.72 Å². The Bertz CT molecular complexity index is 402. The lowest BCUT2D eigenvalue weighted by Gasteiger charge is -2.13. The number of rotatable bonds is 6. The maximum atomic E-state index is 11.7. The van der Waals surface area contributed by atoms with Gasteiger partial charge in [0.25, 0.3) is 0 Å². The fourth-order valence-electron chi connectivity index (χ4n) is 1.43. The molecule has 0 bridgehead atoms. The van der Waals surface area contributed by atoms with Crippen molar-refractivity contribution in [1.82, 2.24) is 4.72 Å². The van der Waals surface area contributed by atoms with Gasteiger partial charge >= 0.3 is 0 Å². The van der Waals surface area contributed by atoms with E-state index >= 15 is 0 Å². The summed E-state index contributed by atoms with van der Waals surface area (Å²) in [6.07, 6.45) is 0. The van der Waals surface area contributed by atoms with Crippen LogP contribution in [0.25, 0.3) is 0 Å². The van der Waals surface area contributed by atoms with Gasteiger partial charge in [0.15, 0.2) is 0 Å². The Morgan fingerprint density at radius 3 is 2.50 bits per heavy atom. The average molecular weight is 243 g/mol. The minimum absolute atomic E-state index is 0.00188. The number of hydrogen-bond acceptors (Lipinski definition) is 3. The van der Waals surface area contributed by atoms with Crippen molar-refractivity contribution < 1.29 is 13.2 Å². The van der Waals surface area contributed by atoms with Crippen molar-refractivity contribution in [2.45, 2.75) is 18.7 Å². The van der Waals surface area contributed by atoms with Crippen molar-refractivity contribution in [2.75, 3.05) is 13.7 Å². The zero-order valence-corrected chi connectivity index (χ0v) is 10.3. The Kier molecular flexibility index (Phi) is 4.92. The highest BCUT2D eigenvalue weighted by Gasteiger charge is 2.14. The van der Waals surface area contributed by atoms with Gasteiger partial charge in [0.1, 0.15) is 0 Å². The lowest BCUT2D eigenvalue weighted by molar-refractivity contribution is 0.180. The van der Waals surface area contributed by atoms with Crippen molar-refractivity contribution in [3.8, 4) is 0 Å². The van der Waals surface area contributed by atoms with Crippen molar-refractivity contribution in [1.29, 1.82) is 0 Å². The summed E-state index contributed by atoms with van der Waals surface area (Å²) in [5.41, 5.74) is 0.777. The number of methoxy groups -OCH3 is 1. The van der Waals surface area contributed by atoms with Crippen LogP contribution >= 0.6 is 0 Å². The van der Waals surface area contributed by atoms with Crippen LogP contribution in [0.15, 0.2) is 30.3 Å². The van der Waals surface area contributed by atoms with Gasteiger partial charge in [0.2, 0.25) is 10.0 Å². The second-order valence-electron chi connectivity index (χ2n) is 3.72. The van der Waals surface area contributed by atoms with Crippen LogP contribution in [0.1, 0.15) is 12.5 Å². The number of nitrogens with one attached hydrogen (secondary N) is 1. The van der Waals surface area contributed by atoms with Gasteiger partial charge < -0.3 is 4.74 Å². The molecule has 16 heavy (non-hydrogen) atoms. The van der Waals surface area contributed by atoms with Crippen LogP contribution in [-0.4, -0.2) is 28.2 Å². The fourth-order valence-corrected chi connectivity index (χ4v) is 2.82. The van der Waals surface area contributed by atoms with Crippen LogP contribution in [0.5, 0.6) is 0 Å². The summed E-state index contributed by atoms with van der Waals surface area (Å²) in [7, 11) is -1.74. The number of ether oxygens (including phenoxy) is 1. The van der Waals surface area contributed by atoms with Crippen molar-refractivity contribution in [3.63, 3.8) is 0 Å². The first-order chi connectivity index (χ1) is 7.53. The molecule has 5 heteroatoms. The third-order valence-electron chi connectivity index (χ3n) is 2.00. The Labute approximate surface area is 96.7 Å². The zero-order chi connectivity index (χ0) is 12.0. The van der Waals surface area contributed by atoms with Crippen LogP contribution in [0.2, 0.25) is 0 Å². The molecule has 0 spiro atoms. The van der Waals surface area contributed by atoms with Crippen molar-refractivity contribution >= 4 is 10.0 Å². The highest BCUT2D eigenvalue weighted by molar-refractivity contribution is 7.88. The van der Waals surface area contributed by atoms with E-state index in [9.17, 15) is 8.42 Å². The Hall–Kier alpha value is -0.910. The number of benzene rings is 1. The van der Waals surface area contributed by atoms with Crippen LogP contribution in [0.4, 0.5) is 0 Å². The predicted molar refractivity (Wildman–Crippen MR) is 63.5 cm³/mol. The zero-order valence-electron chi connectivity index (χ0n) is 9.51. The average Bonchev–Trinajstić information content (AvgIpc) is 2.17. The molecule has 1 N–H and O–H groups in total. The van der Waals surface area contributed by atoms with Gasteiger partial charge in [-0.25, -0.2) is 13.1 Å². The summed E-state index contributed by atoms with van der Waals surface area (Å²) >= 11 is 0. The first kappa shape index (κ1) is 13.2. The lowest BCUT2D eigenvalue weighted by Crippen LogP contribution is -2.36. The molecule has 0 heterocycles. The third kappa shape index (κ3) is 4.74. The molecule has 1 aromatic rings. The van der Waals surface area contributed by atoms with Crippen LogP contribution < -0.4 is 4.72 Å². The minimum atomic E-state index is -3.29. The van der Waals surface area contributed by atoms with E-state index in [0.29, 0.717) is 6.61 Å². The number of sulfonamides is 1. The molecule has 0 aliphatic heterocycles. The molecule has 0 fully saturated rings. The van der Waals surface area contributed by atoms with Gasteiger partial charge in [-0.2, -0.15) is 0 Å². The van der Waals surface area contributed by atoms with Crippen LogP contribution in [0, 0.1) is 0 Å². The maximum absolute atomic E-state index is 11.7. The summed E-state index contributed by atoms with van der Waals surface area (Å²) in [5.74, 6) is 0.00188. The first-order valence-electron chi connectivity index (χ1n) is 5.06. The van der Waals surface area contributed by atoms with Gasteiger partial charge in [-0.15, -0.1) is 0 Å². The summed E-state index contributed by atoms with van der Waals surface area (Å²) in [4.78, 5) is 0. The molecule has 90 valence electrons. The van der Waals surface area contributed by atoms with E-state index in [1.807, 2.05) is 18.2 Å². The molecule has 0 saturated carbocycles. The highest BCUT2D eigenvalue weighted by atomic mass is 32.2. The molecule has 0 aliphatic carbocycles. The van der Waals surface area contributed by atoms with Gasteiger partial charge in [0, 0.05) is 13.2 Å². The van der Waals surface area contributed by atoms with E-state index in [4.69, 9.17) is 4.74 Å². The van der Waals surface area contributed by atoms with E-state index in [0.717, 1.165) is 5.56 Å². The van der Waals surface area contributed by atoms with E-state index in [1.54, 1.807) is 26.2 Å². The second kappa shape index (κ2) is 5.98. The topological polar surface area (TPSA) is 55.4 Å². The standard InChI is InChI=1S/C11H17NO3S/c1-10(8-15-2)12-16(13,14)9-11-6-4-3-5-7-11/h3-7,10,12H,8-9H2,1-2H3/t10-/m0/s1. The van der Waals surface area contributed by atoms with Crippen molar-refractivity contribution in [2.24, 2.45) is 0 Å². The molecule has 0 aromatic heterocycles. The minimum Gasteiger partial charge on any atom is -0.383 e. The van der Waals surface area contributed by atoms with Gasteiger partial charge in [-0.05, 0) is 12.5 Å². The molecule has 1 aromatic carbocycles. The Morgan fingerprint density at radius 1 is 1.31 bits per heavy atom. The summed E-state index contributed by atoms with van der Waals surface area (Å²) in [5, 5.41) is 0. The SMILES string of the molecule is COC[C@H](C)NS(=O)(=O)Cc1ccccc1. The summed E-state index contributed by atoms with van der Waals surface area (Å²) in [6, 6.07) is 8.88. The van der Waals surface area contributed by atoms with E-state index in [1.165, 1.54) is 0 Å². The molecule has 4 nitrogen and oxygen atoms in total. The van der Waals surface area contributed by atoms with Crippen LogP contribution in [0.3, 0.4) is 0 Å². The molecular weight excluding hydrogens is 226 g/mol. The lowest BCUT2D eigenvalue weighted by atomic mass is 10.2. The molecule has 0 unspecified atom stereocenters. The normalized spacial score (nSPS) is 13.6. The van der Waals surface area contributed by atoms with Gasteiger partial charge in [-0.1, -0.05) is 30.3 Å². The Morgan fingerprint density at radius 2 is 1.94 bits per heavy atom. The first-order valence-corrected chi connectivity index (χ1v) is 6.71.